The molecule has 16 heavy (non-hydrogen) atoms. The summed E-state index contributed by atoms with van der Waals surface area (Å²) < 4.78 is 2.78. The monoisotopic (exact) mass is 289 g/mol. The standard InChI is InChI=1S/C11H20BrN3O/c1-5-8-10(12)11(13-15(8)4)9(16)6-7-14(2)3/h9,16H,5-7H2,1-4H3/t9-/m1/s1. The Morgan fingerprint density at radius 3 is 2.56 bits per heavy atom. The Hall–Kier alpha value is -0.390. The molecule has 0 spiro atoms. The molecule has 1 heterocycles. The van der Waals surface area contributed by atoms with Crippen LogP contribution < -0.4 is 0 Å². The van der Waals surface area contributed by atoms with Crippen LogP contribution in [0.25, 0.3) is 0 Å². The highest BCUT2D eigenvalue weighted by Gasteiger charge is 2.19. The van der Waals surface area contributed by atoms with Crippen molar-refractivity contribution in [1.82, 2.24) is 14.7 Å². The molecule has 0 bridgehead atoms. The van der Waals surface area contributed by atoms with Gasteiger partial charge in [0.2, 0.25) is 0 Å². The Balaban J connectivity index is 2.79. The van der Waals surface area contributed by atoms with Crippen LogP contribution in [0, 0.1) is 0 Å². The highest BCUT2D eigenvalue weighted by Crippen LogP contribution is 2.28. The third kappa shape index (κ3) is 3.06. The zero-order valence-corrected chi connectivity index (χ0v) is 12.0. The van der Waals surface area contributed by atoms with Crippen LogP contribution in [-0.4, -0.2) is 40.4 Å². The van der Waals surface area contributed by atoms with E-state index in [1.54, 1.807) is 0 Å². The Bertz CT molecular complexity index is 349. The molecule has 1 aromatic heterocycles. The predicted molar refractivity (Wildman–Crippen MR) is 68.4 cm³/mol. The molecule has 1 atom stereocenters. The second-order valence-electron chi connectivity index (χ2n) is 4.23. The number of rotatable bonds is 5. The fraction of sp³-hybridized carbons (Fsp3) is 0.727. The summed E-state index contributed by atoms with van der Waals surface area (Å²) in [6.07, 6.45) is 1.11. The zero-order valence-electron chi connectivity index (χ0n) is 10.4. The number of halogens is 1. The lowest BCUT2D eigenvalue weighted by Gasteiger charge is -2.12. The molecule has 0 amide bonds. The summed E-state index contributed by atoms with van der Waals surface area (Å²) >= 11 is 3.51. The molecule has 0 aliphatic heterocycles. The van der Waals surface area contributed by atoms with Crippen molar-refractivity contribution in [3.63, 3.8) is 0 Å². The maximum Gasteiger partial charge on any atom is 0.105 e. The van der Waals surface area contributed by atoms with E-state index in [2.05, 4.69) is 32.9 Å². The first-order valence-electron chi connectivity index (χ1n) is 5.51. The zero-order chi connectivity index (χ0) is 12.3. The second-order valence-corrected chi connectivity index (χ2v) is 5.02. The minimum atomic E-state index is -0.497. The summed E-state index contributed by atoms with van der Waals surface area (Å²) in [7, 11) is 5.90. The number of aromatic nitrogens is 2. The first kappa shape index (κ1) is 13.7. The lowest BCUT2D eigenvalue weighted by atomic mass is 10.1. The molecule has 4 nitrogen and oxygen atoms in total. The minimum Gasteiger partial charge on any atom is -0.387 e. The van der Waals surface area contributed by atoms with Gasteiger partial charge >= 0.3 is 0 Å². The second kappa shape index (κ2) is 5.80. The summed E-state index contributed by atoms with van der Waals surface area (Å²) in [6, 6.07) is 0. The maximum absolute atomic E-state index is 10.1. The van der Waals surface area contributed by atoms with Gasteiger partial charge in [-0.15, -0.1) is 0 Å². The Kier molecular flexibility index (Phi) is 4.95. The molecule has 5 heteroatoms. The van der Waals surface area contributed by atoms with Crippen LogP contribution in [-0.2, 0) is 13.5 Å². The smallest absolute Gasteiger partial charge is 0.105 e. The molecule has 1 rings (SSSR count). The lowest BCUT2D eigenvalue weighted by Crippen LogP contribution is -2.16. The fourth-order valence-electron chi connectivity index (χ4n) is 1.67. The summed E-state index contributed by atoms with van der Waals surface area (Å²) in [4.78, 5) is 2.06. The number of hydrogen-bond donors (Lipinski definition) is 1. The van der Waals surface area contributed by atoms with Crippen molar-refractivity contribution in [1.29, 1.82) is 0 Å². The number of aryl methyl sites for hydroxylation is 1. The normalized spacial score (nSPS) is 13.4. The van der Waals surface area contributed by atoms with Gasteiger partial charge in [0.15, 0.2) is 0 Å². The molecule has 0 unspecified atom stereocenters. The third-order valence-electron chi connectivity index (χ3n) is 2.63. The third-order valence-corrected chi connectivity index (χ3v) is 3.49. The van der Waals surface area contributed by atoms with E-state index in [4.69, 9.17) is 0 Å². The van der Waals surface area contributed by atoms with E-state index in [1.165, 1.54) is 0 Å². The van der Waals surface area contributed by atoms with Gasteiger partial charge in [-0.05, 0) is 42.9 Å². The molecule has 0 aliphatic carbocycles. The van der Waals surface area contributed by atoms with Crippen molar-refractivity contribution in [3.8, 4) is 0 Å². The van der Waals surface area contributed by atoms with Crippen molar-refractivity contribution in [2.45, 2.75) is 25.9 Å². The van der Waals surface area contributed by atoms with Crippen molar-refractivity contribution in [2.24, 2.45) is 7.05 Å². The largest absolute Gasteiger partial charge is 0.387 e. The summed E-state index contributed by atoms with van der Waals surface area (Å²) in [5.74, 6) is 0. The number of aliphatic hydroxyl groups excluding tert-OH is 1. The molecule has 0 saturated carbocycles. The van der Waals surface area contributed by atoms with Gasteiger partial charge in [-0.3, -0.25) is 4.68 Å². The van der Waals surface area contributed by atoms with Gasteiger partial charge in [-0.1, -0.05) is 6.92 Å². The molecule has 0 aromatic carbocycles. The average Bonchev–Trinajstić information content (AvgIpc) is 2.50. The molecular formula is C11H20BrN3O. The van der Waals surface area contributed by atoms with E-state index in [9.17, 15) is 5.11 Å². The van der Waals surface area contributed by atoms with Crippen molar-refractivity contribution < 1.29 is 5.11 Å². The minimum absolute atomic E-state index is 0.497. The van der Waals surface area contributed by atoms with Gasteiger partial charge in [0.05, 0.1) is 10.2 Å². The fourth-order valence-corrected chi connectivity index (χ4v) is 2.55. The number of hydrogen-bond acceptors (Lipinski definition) is 3. The van der Waals surface area contributed by atoms with Gasteiger partial charge in [-0.25, -0.2) is 0 Å². The topological polar surface area (TPSA) is 41.3 Å². The number of nitrogens with zero attached hydrogens (tertiary/aromatic N) is 3. The Morgan fingerprint density at radius 1 is 1.50 bits per heavy atom. The summed E-state index contributed by atoms with van der Waals surface area (Å²) in [6.45, 7) is 2.93. The van der Waals surface area contributed by atoms with Crippen LogP contribution in [0.15, 0.2) is 4.47 Å². The summed E-state index contributed by atoms with van der Waals surface area (Å²) in [5, 5.41) is 14.4. The van der Waals surface area contributed by atoms with E-state index >= 15 is 0 Å². The first-order valence-corrected chi connectivity index (χ1v) is 6.30. The number of aliphatic hydroxyl groups is 1. The first-order chi connectivity index (χ1) is 7.47. The van der Waals surface area contributed by atoms with Crippen LogP contribution in [0.5, 0.6) is 0 Å². The van der Waals surface area contributed by atoms with E-state index in [-0.39, 0.29) is 0 Å². The quantitative estimate of drug-likeness (QED) is 0.898. The molecule has 0 aliphatic rings. The highest BCUT2D eigenvalue weighted by molar-refractivity contribution is 9.10. The van der Waals surface area contributed by atoms with Gasteiger partial charge in [0.1, 0.15) is 11.8 Å². The highest BCUT2D eigenvalue weighted by atomic mass is 79.9. The average molecular weight is 290 g/mol. The maximum atomic E-state index is 10.1. The van der Waals surface area contributed by atoms with Gasteiger partial charge in [0, 0.05) is 13.6 Å². The molecule has 1 N–H and O–H groups in total. The van der Waals surface area contributed by atoms with E-state index in [0.29, 0.717) is 6.42 Å². The Morgan fingerprint density at radius 2 is 2.12 bits per heavy atom. The van der Waals surface area contributed by atoms with Gasteiger partial charge < -0.3 is 10.0 Å². The van der Waals surface area contributed by atoms with Crippen LogP contribution in [0.2, 0.25) is 0 Å². The molecule has 0 saturated heterocycles. The van der Waals surface area contributed by atoms with E-state index < -0.39 is 6.10 Å². The van der Waals surface area contributed by atoms with Crippen molar-refractivity contribution in [3.05, 3.63) is 15.9 Å². The van der Waals surface area contributed by atoms with E-state index in [1.807, 2.05) is 25.8 Å². The molecule has 1 aromatic rings. The van der Waals surface area contributed by atoms with Gasteiger partial charge in [-0.2, -0.15) is 5.10 Å². The molecule has 0 radical (unpaired) electrons. The van der Waals surface area contributed by atoms with Crippen molar-refractivity contribution >= 4 is 15.9 Å². The van der Waals surface area contributed by atoms with Gasteiger partial charge in [0.25, 0.3) is 0 Å². The molecule has 92 valence electrons. The van der Waals surface area contributed by atoms with Crippen LogP contribution in [0.4, 0.5) is 0 Å². The lowest BCUT2D eigenvalue weighted by molar-refractivity contribution is 0.148. The van der Waals surface area contributed by atoms with E-state index in [0.717, 1.165) is 28.8 Å². The predicted octanol–water partition coefficient (Wildman–Crippen LogP) is 1.73. The van der Waals surface area contributed by atoms with Crippen LogP contribution >= 0.6 is 15.9 Å². The van der Waals surface area contributed by atoms with Crippen LogP contribution in [0.3, 0.4) is 0 Å². The molecule has 0 fully saturated rings. The van der Waals surface area contributed by atoms with Crippen LogP contribution in [0.1, 0.15) is 30.8 Å². The molecular weight excluding hydrogens is 270 g/mol. The Labute approximate surface area is 105 Å². The van der Waals surface area contributed by atoms with Crippen molar-refractivity contribution in [2.75, 3.05) is 20.6 Å². The summed E-state index contributed by atoms with van der Waals surface area (Å²) in [5.41, 5.74) is 1.88. The SMILES string of the molecule is CCc1c(Br)c([C@H](O)CCN(C)C)nn1C.